The van der Waals surface area contributed by atoms with Crippen LogP contribution in [0.15, 0.2) is 18.2 Å². The average Bonchev–Trinajstić information content (AvgIpc) is 2.35. The van der Waals surface area contributed by atoms with Gasteiger partial charge >= 0.3 is 0 Å². The summed E-state index contributed by atoms with van der Waals surface area (Å²) in [4.78, 5) is 11.4. The minimum absolute atomic E-state index is 0.188. The molecule has 0 aliphatic heterocycles. The van der Waals surface area contributed by atoms with E-state index in [1.54, 1.807) is 7.11 Å². The predicted molar refractivity (Wildman–Crippen MR) is 63.1 cm³/mol. The van der Waals surface area contributed by atoms with Crippen molar-refractivity contribution < 1.29 is 9.53 Å². The van der Waals surface area contributed by atoms with E-state index < -0.39 is 0 Å². The van der Waals surface area contributed by atoms with Crippen molar-refractivity contribution in [2.45, 2.75) is 26.2 Å². The number of carbonyl (C=O) groups excluding carboxylic acids is 1. The van der Waals surface area contributed by atoms with E-state index in [1.807, 2.05) is 25.1 Å². The summed E-state index contributed by atoms with van der Waals surface area (Å²) < 4.78 is 5.23. The average molecular weight is 222 g/mol. The smallest absolute Gasteiger partial charge is 0.241 e. The maximum Gasteiger partial charge on any atom is 0.241 e. The van der Waals surface area contributed by atoms with Gasteiger partial charge in [0.05, 0.1) is 13.0 Å². The first kappa shape index (κ1) is 12.5. The highest BCUT2D eigenvalue weighted by Crippen LogP contribution is 2.24. The van der Waals surface area contributed by atoms with Crippen LogP contribution < -0.4 is 16.0 Å². The van der Waals surface area contributed by atoms with Gasteiger partial charge in [-0.1, -0.05) is 19.1 Å². The first-order valence-corrected chi connectivity index (χ1v) is 5.31. The fourth-order valence-electron chi connectivity index (χ4n) is 1.62. The fraction of sp³-hybridized carbons (Fsp3) is 0.417. The van der Waals surface area contributed by atoms with Crippen LogP contribution >= 0.6 is 0 Å². The van der Waals surface area contributed by atoms with E-state index in [0.29, 0.717) is 0 Å². The summed E-state index contributed by atoms with van der Waals surface area (Å²) in [7, 11) is 1.64. The number of nitrogens with two attached hydrogens (primary N) is 1. The van der Waals surface area contributed by atoms with Gasteiger partial charge in [0, 0.05) is 0 Å². The number of carbonyl (C=O) groups is 1. The highest BCUT2D eigenvalue weighted by atomic mass is 16.5. The Labute approximate surface area is 95.8 Å². The van der Waals surface area contributed by atoms with E-state index in [4.69, 9.17) is 10.6 Å². The Bertz CT molecular complexity index is 377. The summed E-state index contributed by atoms with van der Waals surface area (Å²) >= 11 is 0. The maximum absolute atomic E-state index is 11.4. The van der Waals surface area contributed by atoms with E-state index >= 15 is 0 Å². The third-order valence-electron chi connectivity index (χ3n) is 2.72. The Balaban J connectivity index is 3.03. The van der Waals surface area contributed by atoms with Crippen LogP contribution in [-0.2, 0) is 11.2 Å². The molecule has 4 heteroatoms. The van der Waals surface area contributed by atoms with Gasteiger partial charge in [-0.05, 0) is 30.5 Å². The highest BCUT2D eigenvalue weighted by Gasteiger charge is 2.15. The third-order valence-corrected chi connectivity index (χ3v) is 2.72. The molecule has 88 valence electrons. The summed E-state index contributed by atoms with van der Waals surface area (Å²) in [6.07, 6.45) is 0.869. The SMILES string of the molecule is CCc1cc(C(C)C(=O)NN)ccc1OC. The zero-order valence-electron chi connectivity index (χ0n) is 9.91. The number of ether oxygens (including phenoxy) is 1. The molecule has 0 aromatic heterocycles. The quantitative estimate of drug-likeness (QED) is 0.459. The number of methoxy groups -OCH3 is 1. The summed E-state index contributed by atoms with van der Waals surface area (Å²) in [6.45, 7) is 3.87. The topological polar surface area (TPSA) is 64.4 Å². The van der Waals surface area contributed by atoms with Gasteiger partial charge in [0.2, 0.25) is 5.91 Å². The van der Waals surface area contributed by atoms with Gasteiger partial charge in [0.15, 0.2) is 0 Å². The molecule has 0 aliphatic carbocycles. The van der Waals surface area contributed by atoms with Crippen LogP contribution in [0.25, 0.3) is 0 Å². The number of hydrazine groups is 1. The lowest BCUT2D eigenvalue weighted by atomic mass is 9.97. The van der Waals surface area contributed by atoms with Crippen LogP contribution in [0, 0.1) is 0 Å². The van der Waals surface area contributed by atoms with Gasteiger partial charge in [-0.2, -0.15) is 0 Å². The molecule has 0 radical (unpaired) electrons. The van der Waals surface area contributed by atoms with Crippen molar-refractivity contribution in [3.63, 3.8) is 0 Å². The van der Waals surface area contributed by atoms with Crippen molar-refractivity contribution >= 4 is 5.91 Å². The molecule has 0 heterocycles. The summed E-state index contributed by atoms with van der Waals surface area (Å²) in [5.41, 5.74) is 4.20. The van der Waals surface area contributed by atoms with Crippen LogP contribution in [0.1, 0.15) is 30.9 Å². The van der Waals surface area contributed by atoms with E-state index in [0.717, 1.165) is 23.3 Å². The first-order valence-electron chi connectivity index (χ1n) is 5.31. The normalized spacial score (nSPS) is 12.0. The molecule has 3 N–H and O–H groups in total. The Morgan fingerprint density at radius 2 is 2.25 bits per heavy atom. The molecule has 1 aromatic carbocycles. The van der Waals surface area contributed by atoms with Crippen LogP contribution in [0.4, 0.5) is 0 Å². The van der Waals surface area contributed by atoms with Crippen molar-refractivity contribution in [3.8, 4) is 5.75 Å². The van der Waals surface area contributed by atoms with Gasteiger partial charge in [0.25, 0.3) is 0 Å². The Morgan fingerprint density at radius 1 is 1.56 bits per heavy atom. The molecule has 0 saturated carbocycles. The van der Waals surface area contributed by atoms with Crippen molar-refractivity contribution in [1.29, 1.82) is 0 Å². The summed E-state index contributed by atoms with van der Waals surface area (Å²) in [5, 5.41) is 0. The van der Waals surface area contributed by atoms with Crippen LogP contribution in [0.2, 0.25) is 0 Å². The highest BCUT2D eigenvalue weighted by molar-refractivity contribution is 5.82. The van der Waals surface area contributed by atoms with Crippen molar-refractivity contribution in [2.24, 2.45) is 5.84 Å². The Hall–Kier alpha value is -1.55. The van der Waals surface area contributed by atoms with Crippen molar-refractivity contribution in [2.75, 3.05) is 7.11 Å². The number of amides is 1. The minimum Gasteiger partial charge on any atom is -0.496 e. The van der Waals surface area contributed by atoms with Crippen molar-refractivity contribution in [3.05, 3.63) is 29.3 Å². The van der Waals surface area contributed by atoms with Gasteiger partial charge in [-0.15, -0.1) is 0 Å². The second-order valence-corrected chi connectivity index (χ2v) is 3.66. The third kappa shape index (κ3) is 2.52. The molecule has 4 nitrogen and oxygen atoms in total. The van der Waals surface area contributed by atoms with Crippen LogP contribution in [0.3, 0.4) is 0 Å². The number of aryl methyl sites for hydroxylation is 1. The molecule has 0 aliphatic rings. The molecule has 0 saturated heterocycles. The lowest BCUT2D eigenvalue weighted by Gasteiger charge is -2.13. The summed E-state index contributed by atoms with van der Waals surface area (Å²) in [6, 6.07) is 5.76. The number of rotatable bonds is 4. The number of nitrogens with one attached hydrogen (secondary N) is 1. The van der Waals surface area contributed by atoms with Crippen LogP contribution in [0.5, 0.6) is 5.75 Å². The number of hydrogen-bond acceptors (Lipinski definition) is 3. The van der Waals surface area contributed by atoms with Crippen LogP contribution in [-0.4, -0.2) is 13.0 Å². The second-order valence-electron chi connectivity index (χ2n) is 3.66. The Morgan fingerprint density at radius 3 is 2.75 bits per heavy atom. The predicted octanol–water partition coefficient (Wildman–Crippen LogP) is 1.35. The zero-order chi connectivity index (χ0) is 12.1. The Kier molecular flexibility index (Phi) is 4.31. The molecular formula is C12H18N2O2. The van der Waals surface area contributed by atoms with Crippen molar-refractivity contribution in [1.82, 2.24) is 5.43 Å². The molecule has 0 bridgehead atoms. The molecule has 0 fully saturated rings. The zero-order valence-corrected chi connectivity index (χ0v) is 9.91. The minimum atomic E-state index is -0.249. The lowest BCUT2D eigenvalue weighted by Crippen LogP contribution is -2.33. The van der Waals surface area contributed by atoms with Gasteiger partial charge in [0.1, 0.15) is 5.75 Å². The van der Waals surface area contributed by atoms with Gasteiger partial charge < -0.3 is 4.74 Å². The largest absolute Gasteiger partial charge is 0.496 e. The number of hydrogen-bond donors (Lipinski definition) is 2. The van der Waals surface area contributed by atoms with E-state index in [2.05, 4.69) is 12.3 Å². The monoisotopic (exact) mass is 222 g/mol. The molecule has 0 spiro atoms. The van der Waals surface area contributed by atoms with Gasteiger partial charge in [-0.25, -0.2) is 5.84 Å². The molecule has 1 rings (SSSR count). The molecule has 16 heavy (non-hydrogen) atoms. The van der Waals surface area contributed by atoms with Gasteiger partial charge in [-0.3, -0.25) is 10.2 Å². The molecule has 1 aromatic rings. The fourth-order valence-corrected chi connectivity index (χ4v) is 1.62. The second kappa shape index (κ2) is 5.51. The maximum atomic E-state index is 11.4. The molecule has 1 unspecified atom stereocenters. The van der Waals surface area contributed by atoms with E-state index in [1.165, 1.54) is 0 Å². The molecular weight excluding hydrogens is 204 g/mol. The van der Waals surface area contributed by atoms with E-state index in [-0.39, 0.29) is 11.8 Å². The standard InChI is InChI=1S/C12H18N2O2/c1-4-9-7-10(5-6-11(9)16-3)8(2)12(15)14-13/h5-8H,4,13H2,1-3H3,(H,14,15). The number of benzene rings is 1. The first-order chi connectivity index (χ1) is 7.63. The lowest BCUT2D eigenvalue weighted by molar-refractivity contribution is -0.122. The summed E-state index contributed by atoms with van der Waals surface area (Å²) in [5.74, 6) is 5.53. The van der Waals surface area contributed by atoms with E-state index in [9.17, 15) is 4.79 Å². The molecule has 1 atom stereocenters. The molecule has 1 amide bonds.